The average Bonchev–Trinajstić information content (AvgIpc) is 3.30. The van der Waals surface area contributed by atoms with Gasteiger partial charge in [-0.25, -0.2) is 4.98 Å². The Kier molecular flexibility index (Phi) is 4.79. The summed E-state index contributed by atoms with van der Waals surface area (Å²) in [5.41, 5.74) is 0.350. The molecule has 0 aromatic carbocycles. The maximum Gasteiger partial charge on any atom is 0.235 e. The second-order valence-corrected chi connectivity index (χ2v) is 8.02. The monoisotopic (exact) mass is 347 g/mol. The highest BCUT2D eigenvalue weighted by atomic mass is 32.1. The first-order valence-electron chi connectivity index (χ1n) is 8.54. The summed E-state index contributed by atoms with van der Waals surface area (Å²) in [5, 5.41) is 15.4. The molecule has 1 amide bonds. The fourth-order valence-corrected chi connectivity index (χ4v) is 4.28. The van der Waals surface area contributed by atoms with Gasteiger partial charge >= 0.3 is 0 Å². The highest BCUT2D eigenvalue weighted by Gasteiger charge is 2.43. The quantitative estimate of drug-likeness (QED) is 0.879. The van der Waals surface area contributed by atoms with Crippen molar-refractivity contribution < 1.29 is 4.79 Å². The number of aryl methyl sites for hydroxylation is 1. The van der Waals surface area contributed by atoms with Crippen molar-refractivity contribution in [1.82, 2.24) is 15.2 Å². The van der Waals surface area contributed by atoms with Crippen LogP contribution in [0.3, 0.4) is 0 Å². The van der Waals surface area contributed by atoms with Gasteiger partial charge in [0.15, 0.2) is 5.13 Å². The molecule has 2 heterocycles. The van der Waals surface area contributed by atoms with Gasteiger partial charge in [-0.15, -0.1) is 11.3 Å². The zero-order valence-electron chi connectivity index (χ0n) is 14.6. The number of carbonyl (C=O) groups excluding carboxylic acids is 1. The van der Waals surface area contributed by atoms with E-state index in [4.69, 9.17) is 0 Å². The van der Waals surface area contributed by atoms with Crippen molar-refractivity contribution in [3.05, 3.63) is 11.1 Å². The highest BCUT2D eigenvalue weighted by Crippen LogP contribution is 2.39. The van der Waals surface area contributed by atoms with E-state index in [1.54, 1.807) is 11.3 Å². The molecule has 0 bridgehead atoms. The lowest BCUT2D eigenvalue weighted by Crippen LogP contribution is -2.56. The Labute approximate surface area is 147 Å². The molecule has 2 aliphatic rings. The third-order valence-electron chi connectivity index (χ3n) is 4.96. The Morgan fingerprint density at radius 3 is 2.83 bits per heavy atom. The van der Waals surface area contributed by atoms with Crippen LogP contribution in [0.4, 0.5) is 5.13 Å². The second kappa shape index (κ2) is 6.69. The molecule has 3 rings (SSSR count). The number of thiazole rings is 1. The van der Waals surface area contributed by atoms with Crippen molar-refractivity contribution in [2.24, 2.45) is 5.92 Å². The Morgan fingerprint density at radius 1 is 1.54 bits per heavy atom. The second-order valence-electron chi connectivity index (χ2n) is 7.19. The molecule has 24 heavy (non-hydrogen) atoms. The molecular formula is C17H25N5OS. The zero-order valence-corrected chi connectivity index (χ0v) is 15.4. The van der Waals surface area contributed by atoms with Crippen LogP contribution in [0.25, 0.3) is 0 Å². The first-order valence-corrected chi connectivity index (χ1v) is 9.42. The molecule has 7 heteroatoms. The van der Waals surface area contributed by atoms with Crippen LogP contribution >= 0.6 is 11.3 Å². The normalized spacial score (nSPS) is 24.2. The minimum absolute atomic E-state index is 0.0447. The molecule has 1 aliphatic heterocycles. The van der Waals surface area contributed by atoms with Gasteiger partial charge in [-0.3, -0.25) is 9.69 Å². The van der Waals surface area contributed by atoms with E-state index >= 15 is 0 Å². The number of hydrogen-bond donors (Lipinski definition) is 1. The molecule has 2 atom stereocenters. The minimum Gasteiger partial charge on any atom is -0.343 e. The fourth-order valence-electron chi connectivity index (χ4n) is 3.35. The summed E-state index contributed by atoms with van der Waals surface area (Å²) < 4.78 is 0. The van der Waals surface area contributed by atoms with Gasteiger partial charge in [0.25, 0.3) is 0 Å². The lowest BCUT2D eigenvalue weighted by molar-refractivity contribution is -0.123. The fraction of sp³-hybridized carbons (Fsp3) is 0.706. The van der Waals surface area contributed by atoms with Gasteiger partial charge in [0.2, 0.25) is 5.91 Å². The summed E-state index contributed by atoms with van der Waals surface area (Å²) in [6, 6.07) is 2.60. The Balaban J connectivity index is 1.52. The smallest absolute Gasteiger partial charge is 0.235 e. The standard InChI is InChI=1S/C17H25N5OS/c1-12-10-24-16(19-12)22-7-6-21(8-13(22)2)9-15(23)20-17(3,11-18)14-4-5-14/h10,13-14H,4-9H2,1-3H3,(H,20,23)/t13-,17-/m0/s1. The third kappa shape index (κ3) is 3.70. The number of nitrogens with zero attached hydrogens (tertiary/aromatic N) is 4. The predicted octanol–water partition coefficient (Wildman–Crippen LogP) is 1.77. The molecule has 1 saturated heterocycles. The maximum absolute atomic E-state index is 12.4. The minimum atomic E-state index is -0.705. The molecule has 6 nitrogen and oxygen atoms in total. The van der Waals surface area contributed by atoms with Crippen molar-refractivity contribution in [3.8, 4) is 6.07 Å². The lowest BCUT2D eigenvalue weighted by atomic mass is 9.98. The number of aromatic nitrogens is 1. The van der Waals surface area contributed by atoms with Crippen LogP contribution < -0.4 is 10.2 Å². The van der Waals surface area contributed by atoms with Crippen LogP contribution in [-0.2, 0) is 4.79 Å². The number of amides is 1. The Hall–Kier alpha value is -1.65. The lowest BCUT2D eigenvalue weighted by Gasteiger charge is -2.39. The molecule has 0 spiro atoms. The zero-order chi connectivity index (χ0) is 17.3. The number of hydrogen-bond acceptors (Lipinski definition) is 6. The van der Waals surface area contributed by atoms with Crippen LogP contribution in [0, 0.1) is 24.2 Å². The predicted molar refractivity (Wildman–Crippen MR) is 95.0 cm³/mol. The topological polar surface area (TPSA) is 72.3 Å². The van der Waals surface area contributed by atoms with E-state index in [2.05, 4.69) is 38.5 Å². The SMILES string of the molecule is Cc1csc(N2CCN(CC(=O)N[C@@](C)(C#N)C3CC3)C[C@@H]2C)n1. The summed E-state index contributed by atoms with van der Waals surface area (Å²) in [5.74, 6) is 0.270. The number of piperazine rings is 1. The maximum atomic E-state index is 12.4. The molecule has 1 saturated carbocycles. The number of rotatable bonds is 5. The van der Waals surface area contributed by atoms with Crippen molar-refractivity contribution in [1.29, 1.82) is 5.26 Å². The van der Waals surface area contributed by atoms with E-state index in [0.717, 1.165) is 43.3 Å². The molecule has 1 aliphatic carbocycles. The molecule has 130 valence electrons. The van der Waals surface area contributed by atoms with E-state index in [9.17, 15) is 10.1 Å². The third-order valence-corrected chi connectivity index (χ3v) is 5.95. The number of carbonyl (C=O) groups is 1. The summed E-state index contributed by atoms with van der Waals surface area (Å²) in [4.78, 5) is 21.4. The average molecular weight is 347 g/mol. The van der Waals surface area contributed by atoms with Crippen LogP contribution in [-0.4, -0.2) is 53.6 Å². The summed E-state index contributed by atoms with van der Waals surface area (Å²) in [6.07, 6.45) is 2.07. The van der Waals surface area contributed by atoms with E-state index in [1.165, 1.54) is 0 Å². The van der Waals surface area contributed by atoms with E-state index in [0.29, 0.717) is 18.5 Å². The van der Waals surface area contributed by atoms with E-state index in [1.807, 2.05) is 13.8 Å². The molecule has 0 unspecified atom stereocenters. The van der Waals surface area contributed by atoms with Crippen molar-refractivity contribution in [2.75, 3.05) is 31.1 Å². The van der Waals surface area contributed by atoms with E-state index < -0.39 is 5.54 Å². The summed E-state index contributed by atoms with van der Waals surface area (Å²) in [7, 11) is 0. The number of nitriles is 1. The van der Waals surface area contributed by atoms with Crippen LogP contribution in [0.5, 0.6) is 0 Å². The van der Waals surface area contributed by atoms with Crippen LogP contribution in [0.15, 0.2) is 5.38 Å². The highest BCUT2D eigenvalue weighted by molar-refractivity contribution is 7.13. The molecule has 0 radical (unpaired) electrons. The largest absolute Gasteiger partial charge is 0.343 e. The van der Waals surface area contributed by atoms with E-state index in [-0.39, 0.29) is 5.91 Å². The van der Waals surface area contributed by atoms with Gasteiger partial charge in [0, 0.05) is 31.1 Å². The van der Waals surface area contributed by atoms with Crippen molar-refractivity contribution in [3.63, 3.8) is 0 Å². The molecule has 1 N–H and O–H groups in total. The van der Waals surface area contributed by atoms with Gasteiger partial charge in [0.1, 0.15) is 5.54 Å². The molecule has 1 aromatic heterocycles. The summed E-state index contributed by atoms with van der Waals surface area (Å²) >= 11 is 1.68. The Morgan fingerprint density at radius 2 is 2.29 bits per heavy atom. The first-order chi connectivity index (χ1) is 11.4. The molecular weight excluding hydrogens is 322 g/mol. The van der Waals surface area contributed by atoms with Gasteiger partial charge in [-0.2, -0.15) is 5.26 Å². The first kappa shape index (κ1) is 17.2. The van der Waals surface area contributed by atoms with Crippen molar-refractivity contribution >= 4 is 22.4 Å². The number of nitrogens with one attached hydrogen (secondary N) is 1. The Bertz CT molecular complexity index is 650. The van der Waals surface area contributed by atoms with Gasteiger partial charge < -0.3 is 10.2 Å². The summed E-state index contributed by atoms with van der Waals surface area (Å²) in [6.45, 7) is 8.93. The van der Waals surface area contributed by atoms with Crippen molar-refractivity contribution in [2.45, 2.75) is 45.2 Å². The van der Waals surface area contributed by atoms with Gasteiger partial charge in [-0.1, -0.05) is 0 Å². The van der Waals surface area contributed by atoms with Gasteiger partial charge in [0.05, 0.1) is 18.3 Å². The van der Waals surface area contributed by atoms with Crippen LogP contribution in [0.1, 0.15) is 32.4 Å². The number of anilines is 1. The molecule has 1 aromatic rings. The van der Waals surface area contributed by atoms with Crippen LogP contribution in [0.2, 0.25) is 0 Å². The molecule has 2 fully saturated rings. The van der Waals surface area contributed by atoms with Gasteiger partial charge in [-0.05, 0) is 39.5 Å².